The van der Waals surface area contributed by atoms with Gasteiger partial charge in [-0.05, 0) is 37.8 Å². The van der Waals surface area contributed by atoms with Crippen LogP contribution in [0.4, 0.5) is 5.69 Å². The van der Waals surface area contributed by atoms with Crippen LogP contribution in [0.15, 0.2) is 24.3 Å². The summed E-state index contributed by atoms with van der Waals surface area (Å²) in [6.07, 6.45) is 5.92. The van der Waals surface area contributed by atoms with Crippen LogP contribution < -0.4 is 10.1 Å². The Morgan fingerprint density at radius 2 is 2.05 bits per heavy atom. The fourth-order valence-electron chi connectivity index (χ4n) is 2.30. The van der Waals surface area contributed by atoms with Crippen molar-refractivity contribution in [1.82, 2.24) is 0 Å². The van der Waals surface area contributed by atoms with E-state index in [0.29, 0.717) is 11.4 Å². The predicted octanol–water partition coefficient (Wildman–Crippen LogP) is 3.25. The van der Waals surface area contributed by atoms with E-state index in [0.717, 1.165) is 12.8 Å². The highest BCUT2D eigenvalue weighted by Crippen LogP contribution is 2.29. The van der Waals surface area contributed by atoms with E-state index in [1.54, 1.807) is 6.07 Å². The summed E-state index contributed by atoms with van der Waals surface area (Å²) in [6, 6.07) is 9.22. The Morgan fingerprint density at radius 1 is 1.32 bits per heavy atom. The lowest BCUT2D eigenvalue weighted by molar-refractivity contribution is -0.115. The maximum absolute atomic E-state index is 11.5. The maximum Gasteiger partial charge on any atom is 0.238 e. The summed E-state index contributed by atoms with van der Waals surface area (Å²) < 4.78 is 5.97. The molecular weight excluding hydrogens is 240 g/mol. The minimum absolute atomic E-state index is 0.141. The fraction of sp³-hybridized carbons (Fsp3) is 0.467. The Morgan fingerprint density at radius 3 is 2.79 bits per heavy atom. The molecule has 1 aromatic carbocycles. The number of anilines is 1. The zero-order chi connectivity index (χ0) is 13.5. The number of nitrogens with one attached hydrogen (secondary N) is 1. The molecule has 4 heteroatoms. The molecule has 0 aromatic heterocycles. The summed E-state index contributed by atoms with van der Waals surface area (Å²) in [5.41, 5.74) is 0.647. The van der Waals surface area contributed by atoms with Gasteiger partial charge in [-0.2, -0.15) is 5.26 Å². The second-order valence-electron chi connectivity index (χ2n) is 4.76. The molecule has 1 fully saturated rings. The molecule has 2 rings (SSSR count). The van der Waals surface area contributed by atoms with E-state index in [1.165, 1.54) is 19.3 Å². The highest BCUT2D eigenvalue weighted by Gasteiger charge is 2.16. The van der Waals surface area contributed by atoms with E-state index in [-0.39, 0.29) is 18.4 Å². The molecule has 0 aliphatic heterocycles. The van der Waals surface area contributed by atoms with Crippen LogP contribution in [0.1, 0.15) is 38.5 Å². The molecule has 0 unspecified atom stereocenters. The number of benzene rings is 1. The first kappa shape index (κ1) is 13.4. The van der Waals surface area contributed by atoms with Gasteiger partial charge in [0, 0.05) is 0 Å². The van der Waals surface area contributed by atoms with Crippen LogP contribution in [-0.2, 0) is 4.79 Å². The smallest absolute Gasteiger partial charge is 0.238 e. The van der Waals surface area contributed by atoms with Crippen molar-refractivity contribution in [1.29, 1.82) is 5.26 Å². The molecule has 0 saturated heterocycles. The SMILES string of the molecule is N#CCC(=O)Nc1ccccc1OC1CCCCC1. The zero-order valence-corrected chi connectivity index (χ0v) is 10.9. The third kappa shape index (κ3) is 3.99. The quantitative estimate of drug-likeness (QED) is 0.901. The van der Waals surface area contributed by atoms with Crippen molar-refractivity contribution in [3.63, 3.8) is 0 Å². The lowest BCUT2D eigenvalue weighted by atomic mass is 9.98. The van der Waals surface area contributed by atoms with Crippen molar-refractivity contribution in [2.75, 3.05) is 5.32 Å². The normalized spacial score (nSPS) is 15.5. The number of carbonyl (C=O) groups excluding carboxylic acids is 1. The van der Waals surface area contributed by atoms with Crippen molar-refractivity contribution in [2.24, 2.45) is 0 Å². The van der Waals surface area contributed by atoms with Gasteiger partial charge < -0.3 is 10.1 Å². The molecule has 0 radical (unpaired) electrons. The summed E-state index contributed by atoms with van der Waals surface area (Å²) in [6.45, 7) is 0. The van der Waals surface area contributed by atoms with E-state index >= 15 is 0 Å². The van der Waals surface area contributed by atoms with Gasteiger partial charge in [-0.3, -0.25) is 4.79 Å². The van der Waals surface area contributed by atoms with Gasteiger partial charge in [-0.15, -0.1) is 0 Å². The largest absolute Gasteiger partial charge is 0.488 e. The third-order valence-corrected chi connectivity index (χ3v) is 3.25. The molecule has 0 heterocycles. The van der Waals surface area contributed by atoms with Gasteiger partial charge in [0.15, 0.2) is 0 Å². The Hall–Kier alpha value is -2.02. The molecule has 1 saturated carbocycles. The average Bonchev–Trinajstić information content (AvgIpc) is 2.42. The second kappa shape index (κ2) is 6.79. The van der Waals surface area contributed by atoms with Crippen molar-refractivity contribution < 1.29 is 9.53 Å². The number of rotatable bonds is 4. The first-order valence-electron chi connectivity index (χ1n) is 6.72. The van der Waals surface area contributed by atoms with Crippen LogP contribution in [0.2, 0.25) is 0 Å². The van der Waals surface area contributed by atoms with Gasteiger partial charge in [0.2, 0.25) is 5.91 Å². The molecule has 1 amide bonds. The topological polar surface area (TPSA) is 62.1 Å². The molecule has 19 heavy (non-hydrogen) atoms. The summed E-state index contributed by atoms with van der Waals surface area (Å²) in [5.74, 6) is 0.392. The molecule has 0 spiro atoms. The van der Waals surface area contributed by atoms with Gasteiger partial charge in [0.05, 0.1) is 17.9 Å². The number of ether oxygens (including phenoxy) is 1. The summed E-state index contributed by atoms with van der Waals surface area (Å²) in [4.78, 5) is 11.5. The molecule has 1 N–H and O–H groups in total. The Kier molecular flexibility index (Phi) is 4.79. The van der Waals surface area contributed by atoms with Crippen LogP contribution in [0.5, 0.6) is 5.75 Å². The first-order chi connectivity index (χ1) is 9.29. The molecule has 4 nitrogen and oxygen atoms in total. The highest BCUT2D eigenvalue weighted by atomic mass is 16.5. The van der Waals surface area contributed by atoms with Crippen LogP contribution in [0.3, 0.4) is 0 Å². The van der Waals surface area contributed by atoms with E-state index in [9.17, 15) is 4.79 Å². The van der Waals surface area contributed by atoms with Gasteiger partial charge in [0.1, 0.15) is 12.2 Å². The lowest BCUT2D eigenvalue weighted by Crippen LogP contribution is -2.20. The standard InChI is InChI=1S/C15H18N2O2/c16-11-10-15(18)17-13-8-4-5-9-14(13)19-12-6-2-1-3-7-12/h4-5,8-9,12H,1-3,6-7,10H2,(H,17,18). The van der Waals surface area contributed by atoms with Gasteiger partial charge >= 0.3 is 0 Å². The first-order valence-corrected chi connectivity index (χ1v) is 6.72. The minimum atomic E-state index is -0.304. The van der Waals surface area contributed by atoms with Crippen molar-refractivity contribution >= 4 is 11.6 Å². The second-order valence-corrected chi connectivity index (χ2v) is 4.76. The number of hydrogen-bond acceptors (Lipinski definition) is 3. The van der Waals surface area contributed by atoms with E-state index in [1.807, 2.05) is 24.3 Å². The highest BCUT2D eigenvalue weighted by molar-refractivity contribution is 5.93. The van der Waals surface area contributed by atoms with E-state index in [4.69, 9.17) is 10.00 Å². The summed E-state index contributed by atoms with van der Waals surface area (Å²) >= 11 is 0. The van der Waals surface area contributed by atoms with E-state index < -0.39 is 0 Å². The van der Waals surface area contributed by atoms with Crippen LogP contribution in [-0.4, -0.2) is 12.0 Å². The summed E-state index contributed by atoms with van der Waals surface area (Å²) in [5, 5.41) is 11.2. The monoisotopic (exact) mass is 258 g/mol. The molecule has 1 aliphatic carbocycles. The molecule has 100 valence electrons. The van der Waals surface area contributed by atoms with Gasteiger partial charge in [-0.25, -0.2) is 0 Å². The number of nitriles is 1. The molecule has 0 bridgehead atoms. The molecule has 1 aromatic rings. The Balaban J connectivity index is 2.03. The van der Waals surface area contributed by atoms with Gasteiger partial charge in [0.25, 0.3) is 0 Å². The minimum Gasteiger partial charge on any atom is -0.488 e. The molecule has 1 aliphatic rings. The lowest BCUT2D eigenvalue weighted by Gasteiger charge is -2.24. The number of carbonyl (C=O) groups is 1. The van der Waals surface area contributed by atoms with Crippen molar-refractivity contribution in [2.45, 2.75) is 44.6 Å². The summed E-state index contributed by atoms with van der Waals surface area (Å²) in [7, 11) is 0. The van der Waals surface area contributed by atoms with E-state index in [2.05, 4.69) is 5.32 Å². The van der Waals surface area contributed by atoms with Crippen LogP contribution >= 0.6 is 0 Å². The Labute approximate surface area is 113 Å². The molecule has 0 atom stereocenters. The Bertz CT molecular complexity index is 473. The number of nitrogens with zero attached hydrogens (tertiary/aromatic N) is 1. The number of hydrogen-bond donors (Lipinski definition) is 1. The van der Waals surface area contributed by atoms with Crippen LogP contribution in [0.25, 0.3) is 0 Å². The predicted molar refractivity (Wildman–Crippen MR) is 72.8 cm³/mol. The number of amides is 1. The maximum atomic E-state index is 11.5. The number of para-hydroxylation sites is 2. The van der Waals surface area contributed by atoms with Crippen LogP contribution in [0, 0.1) is 11.3 Å². The van der Waals surface area contributed by atoms with Gasteiger partial charge in [-0.1, -0.05) is 18.6 Å². The zero-order valence-electron chi connectivity index (χ0n) is 10.9. The third-order valence-electron chi connectivity index (χ3n) is 3.25. The van der Waals surface area contributed by atoms with Crippen molar-refractivity contribution in [3.8, 4) is 11.8 Å². The van der Waals surface area contributed by atoms with Crippen molar-refractivity contribution in [3.05, 3.63) is 24.3 Å². The molecular formula is C15H18N2O2. The fourth-order valence-corrected chi connectivity index (χ4v) is 2.30. The average molecular weight is 258 g/mol.